The number of rotatable bonds is 4. The van der Waals surface area contributed by atoms with Gasteiger partial charge < -0.3 is 5.32 Å². The molecule has 1 aromatic carbocycles. The number of nitrogens with one attached hydrogen (secondary N) is 1. The van der Waals surface area contributed by atoms with Crippen molar-refractivity contribution in [2.75, 3.05) is 19.6 Å². The van der Waals surface area contributed by atoms with Gasteiger partial charge in [0.2, 0.25) is 5.91 Å². The fourth-order valence-electron chi connectivity index (χ4n) is 3.27. The van der Waals surface area contributed by atoms with Crippen molar-refractivity contribution in [3.8, 4) is 0 Å². The number of likely N-dealkylation sites (tertiary alicyclic amines) is 1. The zero-order chi connectivity index (χ0) is 15.4. The fraction of sp³-hybridized carbons (Fsp3) is 0.588. The third kappa shape index (κ3) is 5.01. The number of halogens is 1. The van der Waals surface area contributed by atoms with Crippen LogP contribution in [0.25, 0.3) is 0 Å². The zero-order valence-electron chi connectivity index (χ0n) is 13.1. The van der Waals surface area contributed by atoms with Gasteiger partial charge in [-0.15, -0.1) is 0 Å². The van der Waals surface area contributed by atoms with Crippen LogP contribution in [0.2, 0.25) is 5.02 Å². The van der Waals surface area contributed by atoms with Crippen molar-refractivity contribution in [2.45, 2.75) is 33.2 Å². The molecule has 21 heavy (non-hydrogen) atoms. The molecule has 1 amide bonds. The minimum Gasteiger partial charge on any atom is -0.348 e. The average Bonchev–Trinajstić information content (AvgIpc) is 2.37. The Morgan fingerprint density at radius 2 is 2.05 bits per heavy atom. The van der Waals surface area contributed by atoms with Gasteiger partial charge in [-0.2, -0.15) is 0 Å². The van der Waals surface area contributed by atoms with Crippen molar-refractivity contribution in [3.63, 3.8) is 0 Å². The summed E-state index contributed by atoms with van der Waals surface area (Å²) in [5.41, 5.74) is 1.04. The highest BCUT2D eigenvalue weighted by Gasteiger charge is 2.23. The van der Waals surface area contributed by atoms with Gasteiger partial charge in [0, 0.05) is 18.1 Å². The maximum absolute atomic E-state index is 12.2. The molecule has 1 N–H and O–H groups in total. The van der Waals surface area contributed by atoms with E-state index in [-0.39, 0.29) is 11.9 Å². The van der Waals surface area contributed by atoms with Crippen LogP contribution in [0.4, 0.5) is 0 Å². The molecule has 116 valence electrons. The summed E-state index contributed by atoms with van der Waals surface area (Å²) < 4.78 is 0. The lowest BCUT2D eigenvalue weighted by molar-refractivity contribution is -0.123. The van der Waals surface area contributed by atoms with Gasteiger partial charge in [0.15, 0.2) is 0 Å². The molecule has 3 unspecified atom stereocenters. The Hall–Kier alpha value is -1.06. The first kappa shape index (κ1) is 16.3. The molecule has 1 fully saturated rings. The molecule has 0 bridgehead atoms. The van der Waals surface area contributed by atoms with Crippen molar-refractivity contribution in [3.05, 3.63) is 34.9 Å². The van der Waals surface area contributed by atoms with E-state index < -0.39 is 0 Å². The molecule has 3 nitrogen and oxygen atoms in total. The van der Waals surface area contributed by atoms with Gasteiger partial charge in [0.25, 0.3) is 0 Å². The van der Waals surface area contributed by atoms with Crippen LogP contribution < -0.4 is 5.32 Å². The van der Waals surface area contributed by atoms with Gasteiger partial charge in [-0.05, 0) is 42.9 Å². The highest BCUT2D eigenvalue weighted by Crippen LogP contribution is 2.21. The second-order valence-electron chi connectivity index (χ2n) is 6.48. The molecule has 3 atom stereocenters. The Morgan fingerprint density at radius 1 is 1.38 bits per heavy atom. The van der Waals surface area contributed by atoms with Crippen LogP contribution in [0.15, 0.2) is 24.3 Å². The quantitative estimate of drug-likeness (QED) is 0.923. The molecule has 0 saturated carbocycles. The first-order valence-corrected chi connectivity index (χ1v) is 8.09. The van der Waals surface area contributed by atoms with Crippen LogP contribution in [-0.4, -0.2) is 30.4 Å². The summed E-state index contributed by atoms with van der Waals surface area (Å²) in [4.78, 5) is 14.5. The Bertz CT molecular complexity index is 481. The van der Waals surface area contributed by atoms with Crippen LogP contribution in [0.1, 0.15) is 38.8 Å². The van der Waals surface area contributed by atoms with E-state index in [0.29, 0.717) is 23.4 Å². The van der Waals surface area contributed by atoms with Crippen LogP contribution >= 0.6 is 11.6 Å². The summed E-state index contributed by atoms with van der Waals surface area (Å²) in [5.74, 6) is 1.43. The molecule has 1 aliphatic heterocycles. The van der Waals surface area contributed by atoms with Gasteiger partial charge in [-0.25, -0.2) is 0 Å². The molecule has 0 aromatic heterocycles. The molecule has 1 saturated heterocycles. The summed E-state index contributed by atoms with van der Waals surface area (Å²) in [7, 11) is 0. The molecule has 1 heterocycles. The van der Waals surface area contributed by atoms with Crippen LogP contribution in [-0.2, 0) is 4.79 Å². The van der Waals surface area contributed by atoms with Crippen molar-refractivity contribution in [2.24, 2.45) is 11.8 Å². The lowest BCUT2D eigenvalue weighted by Crippen LogP contribution is -2.44. The molecule has 2 rings (SSSR count). The van der Waals surface area contributed by atoms with Crippen LogP contribution in [0.5, 0.6) is 0 Å². The molecule has 1 aromatic rings. The Labute approximate surface area is 132 Å². The van der Waals surface area contributed by atoms with Crippen molar-refractivity contribution in [1.82, 2.24) is 10.2 Å². The number of piperidine rings is 1. The molecular formula is C17H25ClN2O. The molecule has 0 aliphatic carbocycles. The van der Waals surface area contributed by atoms with Gasteiger partial charge in [-0.1, -0.05) is 37.6 Å². The number of hydrogen-bond acceptors (Lipinski definition) is 2. The van der Waals surface area contributed by atoms with E-state index in [1.165, 1.54) is 6.42 Å². The van der Waals surface area contributed by atoms with Crippen LogP contribution in [0, 0.1) is 11.8 Å². The maximum atomic E-state index is 12.2. The first-order chi connectivity index (χ1) is 9.94. The lowest BCUT2D eigenvalue weighted by Gasteiger charge is -2.34. The molecule has 0 radical (unpaired) electrons. The number of benzene rings is 1. The van der Waals surface area contributed by atoms with E-state index >= 15 is 0 Å². The monoisotopic (exact) mass is 308 g/mol. The van der Waals surface area contributed by atoms with E-state index in [4.69, 9.17) is 11.6 Å². The highest BCUT2D eigenvalue weighted by atomic mass is 35.5. The Kier molecular flexibility index (Phi) is 5.65. The second-order valence-corrected chi connectivity index (χ2v) is 6.92. The summed E-state index contributed by atoms with van der Waals surface area (Å²) in [6.07, 6.45) is 1.26. The van der Waals surface area contributed by atoms with E-state index in [0.717, 1.165) is 18.7 Å². The third-order valence-corrected chi connectivity index (χ3v) is 4.27. The number of amides is 1. The molecule has 4 heteroatoms. The van der Waals surface area contributed by atoms with Gasteiger partial charge in [0.05, 0.1) is 12.6 Å². The summed E-state index contributed by atoms with van der Waals surface area (Å²) in [5, 5.41) is 3.76. The van der Waals surface area contributed by atoms with E-state index in [2.05, 4.69) is 24.1 Å². The molecule has 0 spiro atoms. The number of carbonyl (C=O) groups is 1. The van der Waals surface area contributed by atoms with Gasteiger partial charge in [0.1, 0.15) is 0 Å². The lowest BCUT2D eigenvalue weighted by atomic mass is 9.92. The number of nitrogens with zero attached hydrogens (tertiary/aromatic N) is 1. The third-order valence-electron chi connectivity index (χ3n) is 4.04. The zero-order valence-corrected chi connectivity index (χ0v) is 13.9. The number of carbonyl (C=O) groups excluding carboxylic acids is 1. The van der Waals surface area contributed by atoms with Crippen molar-refractivity contribution >= 4 is 17.5 Å². The fourth-order valence-corrected chi connectivity index (χ4v) is 3.47. The van der Waals surface area contributed by atoms with E-state index in [9.17, 15) is 4.79 Å². The predicted octanol–water partition coefficient (Wildman–Crippen LogP) is 3.50. The number of hydrogen-bond donors (Lipinski definition) is 1. The van der Waals surface area contributed by atoms with E-state index in [1.807, 2.05) is 31.2 Å². The summed E-state index contributed by atoms with van der Waals surface area (Å²) >= 11 is 5.99. The topological polar surface area (TPSA) is 32.3 Å². The molecular weight excluding hydrogens is 284 g/mol. The van der Waals surface area contributed by atoms with Crippen molar-refractivity contribution in [1.29, 1.82) is 0 Å². The summed E-state index contributed by atoms with van der Waals surface area (Å²) in [6, 6.07) is 7.62. The largest absolute Gasteiger partial charge is 0.348 e. The van der Waals surface area contributed by atoms with Crippen LogP contribution in [0.3, 0.4) is 0 Å². The molecule has 1 aliphatic rings. The van der Waals surface area contributed by atoms with E-state index in [1.54, 1.807) is 0 Å². The maximum Gasteiger partial charge on any atom is 0.234 e. The first-order valence-electron chi connectivity index (χ1n) is 7.71. The normalized spacial score (nSPS) is 24.6. The second kappa shape index (κ2) is 7.28. The average molecular weight is 309 g/mol. The minimum atomic E-state index is -0.0177. The Morgan fingerprint density at radius 3 is 2.67 bits per heavy atom. The standard InChI is InChI=1S/C17H25ClN2O/c1-12-7-13(2)10-20(9-12)11-17(21)19-14(3)15-5-4-6-16(18)8-15/h4-6,8,12-14H,7,9-11H2,1-3H3,(H,19,21). The smallest absolute Gasteiger partial charge is 0.234 e. The van der Waals surface area contributed by atoms with Gasteiger partial charge in [-0.3, -0.25) is 9.69 Å². The SMILES string of the molecule is CC1CC(C)CN(CC(=O)NC(C)c2cccc(Cl)c2)C1. The highest BCUT2D eigenvalue weighted by molar-refractivity contribution is 6.30. The summed E-state index contributed by atoms with van der Waals surface area (Å²) in [6.45, 7) is 9.03. The Balaban J connectivity index is 1.86. The van der Waals surface area contributed by atoms with Gasteiger partial charge >= 0.3 is 0 Å². The van der Waals surface area contributed by atoms with Crippen molar-refractivity contribution < 1.29 is 4.79 Å². The minimum absolute atomic E-state index is 0.0177. The predicted molar refractivity (Wildman–Crippen MR) is 87.4 cm³/mol.